The summed E-state index contributed by atoms with van der Waals surface area (Å²) < 4.78 is 7.49. The highest BCUT2D eigenvalue weighted by Gasteiger charge is 2.35. The van der Waals surface area contributed by atoms with Crippen molar-refractivity contribution in [3.05, 3.63) is 95.6 Å². The van der Waals surface area contributed by atoms with Crippen molar-refractivity contribution in [2.75, 3.05) is 18.5 Å². The lowest BCUT2D eigenvalue weighted by Crippen LogP contribution is -2.40. The van der Waals surface area contributed by atoms with E-state index >= 15 is 0 Å². The lowest BCUT2D eigenvalue weighted by atomic mass is 10.2. The number of anilines is 1. The first-order valence-electron chi connectivity index (χ1n) is 12.3. The maximum atomic E-state index is 13.3. The Labute approximate surface area is 220 Å². The van der Waals surface area contributed by atoms with Gasteiger partial charge in [0.15, 0.2) is 0 Å². The Balaban J connectivity index is 1.43. The second kappa shape index (κ2) is 10.9. The number of rotatable bonds is 9. The van der Waals surface area contributed by atoms with Gasteiger partial charge in [-0.1, -0.05) is 60.1 Å². The maximum Gasteiger partial charge on any atom is 0.256 e. The zero-order valence-electron chi connectivity index (χ0n) is 20.4. The molecule has 7 nitrogen and oxygen atoms in total. The number of carbonyl (C=O) groups excluding carboxylic acids is 2. The second-order valence-corrected chi connectivity index (χ2v) is 9.22. The minimum atomic E-state index is -0.334. The Kier molecular flexibility index (Phi) is 7.23. The van der Waals surface area contributed by atoms with Crippen molar-refractivity contribution in [2.24, 2.45) is 0 Å². The van der Waals surface area contributed by atoms with E-state index in [2.05, 4.69) is 5.32 Å². The molecule has 8 heteroatoms. The molecule has 1 heterocycles. The molecule has 1 N–H and O–H groups in total. The fourth-order valence-corrected chi connectivity index (χ4v) is 4.38. The number of carbonyl (C=O) groups is 2. The highest BCUT2D eigenvalue weighted by atomic mass is 35.5. The van der Waals surface area contributed by atoms with Gasteiger partial charge < -0.3 is 9.64 Å². The summed E-state index contributed by atoms with van der Waals surface area (Å²) >= 11 is 6.27. The normalized spacial score (nSPS) is 12.7. The number of hydrogen-bond donors (Lipinski definition) is 1. The van der Waals surface area contributed by atoms with E-state index < -0.39 is 0 Å². The van der Waals surface area contributed by atoms with Crippen molar-refractivity contribution >= 4 is 29.4 Å². The van der Waals surface area contributed by atoms with E-state index in [1.165, 1.54) is 0 Å². The van der Waals surface area contributed by atoms with Gasteiger partial charge >= 0.3 is 0 Å². The van der Waals surface area contributed by atoms with Crippen molar-refractivity contribution in [1.29, 1.82) is 0 Å². The molecular formula is C29H27ClN4O3. The van der Waals surface area contributed by atoms with Crippen molar-refractivity contribution in [1.82, 2.24) is 14.5 Å². The van der Waals surface area contributed by atoms with Crippen LogP contribution < -0.4 is 10.1 Å². The molecule has 0 spiro atoms. The topological polar surface area (TPSA) is 76.5 Å². The highest BCUT2D eigenvalue weighted by Crippen LogP contribution is 2.30. The van der Waals surface area contributed by atoms with Crippen LogP contribution in [0.3, 0.4) is 0 Å². The van der Waals surface area contributed by atoms with Gasteiger partial charge in [-0.25, -0.2) is 4.98 Å². The largest absolute Gasteiger partial charge is 0.494 e. The molecule has 0 radical (unpaired) electrons. The van der Waals surface area contributed by atoms with E-state index in [0.717, 1.165) is 29.8 Å². The molecule has 1 aliphatic carbocycles. The number of aromatic nitrogens is 2. The molecule has 37 heavy (non-hydrogen) atoms. The van der Waals surface area contributed by atoms with Crippen LogP contribution in [0.1, 0.15) is 30.1 Å². The lowest BCUT2D eigenvalue weighted by molar-refractivity contribution is -0.117. The molecule has 1 aliphatic rings. The van der Waals surface area contributed by atoms with Crippen LogP contribution in [0.15, 0.2) is 85.1 Å². The number of benzene rings is 3. The molecule has 0 unspecified atom stereocenters. The molecule has 1 fully saturated rings. The summed E-state index contributed by atoms with van der Waals surface area (Å²) in [5, 5.41) is 3.30. The fourth-order valence-electron chi connectivity index (χ4n) is 4.16. The molecule has 2 amide bonds. The van der Waals surface area contributed by atoms with Gasteiger partial charge in [0.25, 0.3) is 5.91 Å². The number of imidazole rings is 1. The van der Waals surface area contributed by atoms with Crippen LogP contribution in [0.2, 0.25) is 5.02 Å². The zero-order chi connectivity index (χ0) is 25.8. The Bertz CT molecular complexity index is 1420. The van der Waals surface area contributed by atoms with Crippen LogP contribution in [0.25, 0.3) is 16.9 Å². The molecule has 4 aromatic rings. The molecule has 0 atom stereocenters. The summed E-state index contributed by atoms with van der Waals surface area (Å²) in [4.78, 5) is 32.8. The molecule has 0 bridgehead atoms. The van der Waals surface area contributed by atoms with Gasteiger partial charge in [-0.3, -0.25) is 19.5 Å². The average molecular weight is 515 g/mol. The Morgan fingerprint density at radius 2 is 1.81 bits per heavy atom. The second-order valence-electron chi connectivity index (χ2n) is 8.81. The summed E-state index contributed by atoms with van der Waals surface area (Å²) in [7, 11) is 0. The molecule has 188 valence electrons. The summed E-state index contributed by atoms with van der Waals surface area (Å²) in [5.41, 5.74) is 2.82. The summed E-state index contributed by atoms with van der Waals surface area (Å²) in [5.74, 6) is 0.497. The summed E-state index contributed by atoms with van der Waals surface area (Å²) in [6, 6.07) is 24.3. The van der Waals surface area contributed by atoms with Crippen LogP contribution in [-0.2, 0) is 4.79 Å². The van der Waals surface area contributed by atoms with Gasteiger partial charge in [0.05, 0.1) is 28.6 Å². The van der Waals surface area contributed by atoms with Crippen LogP contribution in [0.5, 0.6) is 5.75 Å². The Morgan fingerprint density at radius 1 is 1.05 bits per heavy atom. The molecule has 5 rings (SSSR count). The number of hydrogen-bond acceptors (Lipinski definition) is 4. The van der Waals surface area contributed by atoms with Crippen molar-refractivity contribution in [3.8, 4) is 22.7 Å². The number of nitrogens with zero attached hydrogens (tertiary/aromatic N) is 3. The van der Waals surface area contributed by atoms with Gasteiger partial charge in [-0.2, -0.15) is 0 Å². The maximum absolute atomic E-state index is 13.3. The SMILES string of the molecule is CCOc1cccc(-n2cc(-c3ccccc3)nc2NC(=O)CN(C(=O)c2ccccc2Cl)C2CC2)c1. The van der Waals surface area contributed by atoms with Crippen LogP contribution in [-0.4, -0.2) is 45.5 Å². The van der Waals surface area contributed by atoms with Crippen LogP contribution in [0.4, 0.5) is 5.95 Å². The smallest absolute Gasteiger partial charge is 0.256 e. The van der Waals surface area contributed by atoms with Gasteiger partial charge in [-0.15, -0.1) is 0 Å². The van der Waals surface area contributed by atoms with E-state index in [4.69, 9.17) is 21.3 Å². The van der Waals surface area contributed by atoms with Crippen LogP contribution >= 0.6 is 11.6 Å². The third kappa shape index (κ3) is 5.67. The minimum absolute atomic E-state index is 0.0250. The molecule has 0 saturated heterocycles. The zero-order valence-corrected chi connectivity index (χ0v) is 21.2. The van der Waals surface area contributed by atoms with E-state index in [1.54, 1.807) is 29.2 Å². The van der Waals surface area contributed by atoms with Gasteiger partial charge in [-0.05, 0) is 44.0 Å². The standard InChI is InChI=1S/C29H27ClN4O3/c1-2-37-23-12-8-11-22(17-23)34-18-26(20-9-4-3-5-10-20)31-29(34)32-27(35)19-33(21-15-16-21)28(36)24-13-6-7-14-25(24)30/h3-14,17-18,21H,2,15-16,19H2,1H3,(H,31,32,35). The van der Waals surface area contributed by atoms with Crippen molar-refractivity contribution in [2.45, 2.75) is 25.8 Å². The van der Waals surface area contributed by atoms with Crippen LogP contribution in [0, 0.1) is 0 Å². The molecular weight excluding hydrogens is 488 g/mol. The number of nitrogens with one attached hydrogen (secondary N) is 1. The van der Waals surface area contributed by atoms with Gasteiger partial charge in [0.1, 0.15) is 12.3 Å². The van der Waals surface area contributed by atoms with E-state index in [1.807, 2.05) is 72.3 Å². The number of amides is 2. The number of ether oxygens (including phenoxy) is 1. The predicted octanol–water partition coefficient (Wildman–Crippen LogP) is 5.83. The quantitative estimate of drug-likeness (QED) is 0.304. The highest BCUT2D eigenvalue weighted by molar-refractivity contribution is 6.33. The molecule has 0 aliphatic heterocycles. The summed E-state index contributed by atoms with van der Waals surface area (Å²) in [6.07, 6.45) is 3.60. The monoisotopic (exact) mass is 514 g/mol. The fraction of sp³-hybridized carbons (Fsp3) is 0.207. The van der Waals surface area contributed by atoms with Crippen molar-refractivity contribution < 1.29 is 14.3 Å². The number of halogens is 1. The first kappa shape index (κ1) is 24.6. The van der Waals surface area contributed by atoms with E-state index in [9.17, 15) is 9.59 Å². The molecule has 1 saturated carbocycles. The minimum Gasteiger partial charge on any atom is -0.494 e. The average Bonchev–Trinajstić information content (AvgIpc) is 3.67. The predicted molar refractivity (Wildman–Crippen MR) is 144 cm³/mol. The third-order valence-corrected chi connectivity index (χ3v) is 6.43. The summed E-state index contributed by atoms with van der Waals surface area (Å²) in [6.45, 7) is 2.38. The van der Waals surface area contributed by atoms with E-state index in [-0.39, 0.29) is 24.4 Å². The Hall–Kier alpha value is -4.10. The Morgan fingerprint density at radius 3 is 2.54 bits per heavy atom. The van der Waals surface area contributed by atoms with E-state index in [0.29, 0.717) is 28.8 Å². The van der Waals surface area contributed by atoms with Crippen molar-refractivity contribution in [3.63, 3.8) is 0 Å². The lowest BCUT2D eigenvalue weighted by Gasteiger charge is -2.22. The first-order valence-corrected chi connectivity index (χ1v) is 12.6. The third-order valence-electron chi connectivity index (χ3n) is 6.10. The molecule has 3 aromatic carbocycles. The van der Waals surface area contributed by atoms with Gasteiger partial charge in [0.2, 0.25) is 11.9 Å². The molecule has 1 aromatic heterocycles. The van der Waals surface area contributed by atoms with Gasteiger partial charge in [0, 0.05) is 23.9 Å². The first-order chi connectivity index (χ1) is 18.0.